The average Bonchev–Trinajstić information content (AvgIpc) is 2.51. The predicted molar refractivity (Wildman–Crippen MR) is 91.2 cm³/mol. The summed E-state index contributed by atoms with van der Waals surface area (Å²) in [4.78, 5) is 13.9. The predicted octanol–water partition coefficient (Wildman–Crippen LogP) is 2.34. The van der Waals surface area contributed by atoms with Gasteiger partial charge in [0.05, 0.1) is 6.61 Å². The average molecular weight is 331 g/mol. The number of amides is 1. The summed E-state index contributed by atoms with van der Waals surface area (Å²) in [7, 11) is 0. The van der Waals surface area contributed by atoms with Crippen LogP contribution in [0.15, 0.2) is 24.3 Å². The summed E-state index contributed by atoms with van der Waals surface area (Å²) in [5.74, 6) is 1.36. The molecule has 0 radical (unpaired) electrons. The van der Waals surface area contributed by atoms with Gasteiger partial charge in [-0.05, 0) is 44.3 Å². The van der Waals surface area contributed by atoms with E-state index >= 15 is 0 Å². The Morgan fingerprint density at radius 1 is 1.05 bits per heavy atom. The van der Waals surface area contributed by atoms with Gasteiger partial charge in [-0.1, -0.05) is 13.8 Å². The van der Waals surface area contributed by atoms with Gasteiger partial charge in [-0.3, -0.25) is 4.79 Å². The third kappa shape index (κ3) is 8.10. The standard InChI is InChI=1S/C16H26N2O3.ClH/c1-4-18(5-2)12-11-17-16(19)13-21-15-9-7-14(8-10-15)20-6-3;/h7-10H,4-6,11-13H2,1-3H3,(H,17,19);1H. The fourth-order valence-corrected chi connectivity index (χ4v) is 1.89. The zero-order chi connectivity index (χ0) is 15.5. The molecule has 0 fully saturated rings. The summed E-state index contributed by atoms with van der Waals surface area (Å²) in [6.07, 6.45) is 0. The van der Waals surface area contributed by atoms with Crippen LogP contribution in [-0.2, 0) is 4.79 Å². The van der Waals surface area contributed by atoms with Gasteiger partial charge >= 0.3 is 0 Å². The second-order valence-electron chi connectivity index (χ2n) is 4.57. The molecule has 126 valence electrons. The zero-order valence-corrected chi connectivity index (χ0v) is 14.4. The van der Waals surface area contributed by atoms with Crippen LogP contribution in [0.2, 0.25) is 0 Å². The van der Waals surface area contributed by atoms with Crippen molar-refractivity contribution in [3.05, 3.63) is 24.3 Å². The highest BCUT2D eigenvalue weighted by atomic mass is 35.5. The first-order valence-electron chi connectivity index (χ1n) is 7.54. The molecule has 1 rings (SSSR count). The first-order chi connectivity index (χ1) is 10.2. The fraction of sp³-hybridized carbons (Fsp3) is 0.562. The molecule has 0 aliphatic carbocycles. The molecule has 6 heteroatoms. The first kappa shape index (κ1) is 20.5. The van der Waals surface area contributed by atoms with E-state index in [0.717, 1.165) is 25.4 Å². The van der Waals surface area contributed by atoms with Gasteiger partial charge in [-0.25, -0.2) is 0 Å². The molecular formula is C16H27ClN2O3. The SMILES string of the molecule is CCOc1ccc(OCC(=O)NCCN(CC)CC)cc1.Cl. The Balaban J connectivity index is 0.00000441. The Morgan fingerprint density at radius 3 is 2.09 bits per heavy atom. The van der Waals surface area contributed by atoms with Crippen molar-refractivity contribution in [2.24, 2.45) is 0 Å². The molecule has 1 amide bonds. The van der Waals surface area contributed by atoms with E-state index in [2.05, 4.69) is 24.1 Å². The number of halogens is 1. The van der Waals surface area contributed by atoms with Crippen LogP contribution in [0.3, 0.4) is 0 Å². The molecule has 0 aliphatic heterocycles. The van der Waals surface area contributed by atoms with Crippen LogP contribution in [0, 0.1) is 0 Å². The summed E-state index contributed by atoms with van der Waals surface area (Å²) >= 11 is 0. The number of rotatable bonds is 10. The molecule has 0 spiro atoms. The van der Waals surface area contributed by atoms with Gasteiger partial charge in [-0.15, -0.1) is 12.4 Å². The summed E-state index contributed by atoms with van der Waals surface area (Å²) in [6, 6.07) is 7.26. The molecule has 0 atom stereocenters. The fourth-order valence-electron chi connectivity index (χ4n) is 1.89. The molecule has 1 aromatic carbocycles. The molecule has 0 bridgehead atoms. The maximum absolute atomic E-state index is 11.7. The molecule has 0 saturated carbocycles. The van der Waals surface area contributed by atoms with Crippen molar-refractivity contribution >= 4 is 18.3 Å². The van der Waals surface area contributed by atoms with Gasteiger partial charge in [-0.2, -0.15) is 0 Å². The van der Waals surface area contributed by atoms with Crippen molar-refractivity contribution < 1.29 is 14.3 Å². The van der Waals surface area contributed by atoms with Gasteiger partial charge in [0, 0.05) is 13.1 Å². The van der Waals surface area contributed by atoms with Crippen LogP contribution < -0.4 is 14.8 Å². The summed E-state index contributed by atoms with van der Waals surface area (Å²) in [5.41, 5.74) is 0. The second-order valence-corrected chi connectivity index (χ2v) is 4.57. The first-order valence-corrected chi connectivity index (χ1v) is 7.54. The van der Waals surface area contributed by atoms with E-state index in [1.807, 2.05) is 19.1 Å². The number of benzene rings is 1. The van der Waals surface area contributed by atoms with E-state index in [4.69, 9.17) is 9.47 Å². The van der Waals surface area contributed by atoms with Crippen molar-refractivity contribution in [2.75, 3.05) is 39.4 Å². The number of carbonyl (C=O) groups is 1. The van der Waals surface area contributed by atoms with E-state index in [9.17, 15) is 4.79 Å². The van der Waals surface area contributed by atoms with Gasteiger partial charge in [0.1, 0.15) is 11.5 Å². The number of likely N-dealkylation sites (N-methyl/N-ethyl adjacent to an activating group) is 1. The molecule has 0 aliphatic rings. The molecule has 0 unspecified atom stereocenters. The number of hydrogen-bond acceptors (Lipinski definition) is 4. The van der Waals surface area contributed by atoms with Crippen molar-refractivity contribution in [2.45, 2.75) is 20.8 Å². The smallest absolute Gasteiger partial charge is 0.257 e. The van der Waals surface area contributed by atoms with Gasteiger partial charge in [0.15, 0.2) is 6.61 Å². The largest absolute Gasteiger partial charge is 0.494 e. The molecule has 1 aromatic rings. The molecule has 0 heterocycles. The van der Waals surface area contributed by atoms with Crippen molar-refractivity contribution in [1.82, 2.24) is 10.2 Å². The minimum absolute atomic E-state index is 0. The van der Waals surface area contributed by atoms with Crippen molar-refractivity contribution in [1.29, 1.82) is 0 Å². The Morgan fingerprint density at radius 2 is 1.59 bits per heavy atom. The van der Waals surface area contributed by atoms with E-state index in [1.54, 1.807) is 12.1 Å². The summed E-state index contributed by atoms with van der Waals surface area (Å²) < 4.78 is 10.8. The molecule has 22 heavy (non-hydrogen) atoms. The normalized spacial score (nSPS) is 10.0. The monoisotopic (exact) mass is 330 g/mol. The highest BCUT2D eigenvalue weighted by Crippen LogP contribution is 2.17. The van der Waals surface area contributed by atoms with E-state index < -0.39 is 0 Å². The molecule has 0 aromatic heterocycles. The lowest BCUT2D eigenvalue weighted by Gasteiger charge is -2.17. The minimum Gasteiger partial charge on any atom is -0.494 e. The lowest BCUT2D eigenvalue weighted by molar-refractivity contribution is -0.123. The molecule has 1 N–H and O–H groups in total. The molecular weight excluding hydrogens is 304 g/mol. The Kier molecular flexibility index (Phi) is 11.3. The lowest BCUT2D eigenvalue weighted by Crippen LogP contribution is -2.36. The van der Waals surface area contributed by atoms with E-state index in [1.165, 1.54) is 0 Å². The Labute approximate surface area is 139 Å². The topological polar surface area (TPSA) is 50.8 Å². The van der Waals surface area contributed by atoms with Crippen LogP contribution >= 0.6 is 12.4 Å². The highest BCUT2D eigenvalue weighted by molar-refractivity contribution is 5.85. The Bertz CT molecular complexity index is 408. The summed E-state index contributed by atoms with van der Waals surface area (Å²) in [6.45, 7) is 10.3. The van der Waals surface area contributed by atoms with Gasteiger partial charge in [0.25, 0.3) is 5.91 Å². The molecule has 5 nitrogen and oxygen atoms in total. The number of hydrogen-bond donors (Lipinski definition) is 1. The van der Waals surface area contributed by atoms with Crippen LogP contribution in [0.4, 0.5) is 0 Å². The minimum atomic E-state index is -0.101. The zero-order valence-electron chi connectivity index (χ0n) is 13.6. The van der Waals surface area contributed by atoms with Crippen molar-refractivity contribution in [3.63, 3.8) is 0 Å². The maximum atomic E-state index is 11.7. The Hall–Kier alpha value is -1.46. The molecule has 0 saturated heterocycles. The van der Waals surface area contributed by atoms with Crippen LogP contribution in [0.5, 0.6) is 11.5 Å². The summed E-state index contributed by atoms with van der Waals surface area (Å²) in [5, 5.41) is 2.85. The van der Waals surface area contributed by atoms with E-state index in [0.29, 0.717) is 18.9 Å². The lowest BCUT2D eigenvalue weighted by atomic mass is 10.3. The van der Waals surface area contributed by atoms with Gasteiger partial charge in [0.2, 0.25) is 0 Å². The number of nitrogens with zero attached hydrogens (tertiary/aromatic N) is 1. The maximum Gasteiger partial charge on any atom is 0.257 e. The van der Waals surface area contributed by atoms with Crippen LogP contribution in [0.25, 0.3) is 0 Å². The van der Waals surface area contributed by atoms with Crippen LogP contribution in [-0.4, -0.2) is 50.2 Å². The number of carbonyl (C=O) groups excluding carboxylic acids is 1. The quantitative estimate of drug-likeness (QED) is 0.715. The highest BCUT2D eigenvalue weighted by Gasteiger charge is 2.04. The van der Waals surface area contributed by atoms with Crippen molar-refractivity contribution in [3.8, 4) is 11.5 Å². The third-order valence-corrected chi connectivity index (χ3v) is 3.15. The van der Waals surface area contributed by atoms with E-state index in [-0.39, 0.29) is 24.9 Å². The second kappa shape index (κ2) is 12.1. The number of ether oxygens (including phenoxy) is 2. The number of nitrogens with one attached hydrogen (secondary N) is 1. The third-order valence-electron chi connectivity index (χ3n) is 3.15. The van der Waals surface area contributed by atoms with Crippen LogP contribution in [0.1, 0.15) is 20.8 Å². The van der Waals surface area contributed by atoms with Gasteiger partial charge < -0.3 is 19.7 Å².